The van der Waals surface area contributed by atoms with Gasteiger partial charge in [0.05, 0.1) is 0 Å². The van der Waals surface area contributed by atoms with Crippen molar-refractivity contribution in [2.45, 2.75) is 52.9 Å². The lowest BCUT2D eigenvalue weighted by atomic mass is 10.0. The minimum atomic E-state index is -0.0938. The lowest BCUT2D eigenvalue weighted by molar-refractivity contribution is -0.134. The number of likely N-dealkylation sites (tertiary alicyclic amines) is 1. The Balaban J connectivity index is 2.17. The highest BCUT2D eigenvalue weighted by Gasteiger charge is 2.20. The van der Waals surface area contributed by atoms with E-state index in [0.717, 1.165) is 12.5 Å². The molecule has 1 fully saturated rings. The van der Waals surface area contributed by atoms with E-state index in [9.17, 15) is 0 Å². The Morgan fingerprint density at radius 2 is 1.68 bits per heavy atom. The molecule has 0 aromatic heterocycles. The molecule has 1 saturated heterocycles. The first kappa shape index (κ1) is 16.9. The Morgan fingerprint density at radius 1 is 1.11 bits per heavy atom. The van der Waals surface area contributed by atoms with E-state index < -0.39 is 0 Å². The highest BCUT2D eigenvalue weighted by Crippen LogP contribution is 2.12. The fourth-order valence-electron chi connectivity index (χ4n) is 2.64. The standard InChI is InChI=1S/C15H32N2O2/c1-5-18-15(19-6-2)11-16-14-7-9-17(10-8-14)12-13(3)4/h13-16H,5-12H2,1-4H3. The molecule has 0 radical (unpaired) electrons. The summed E-state index contributed by atoms with van der Waals surface area (Å²) in [7, 11) is 0. The van der Waals surface area contributed by atoms with Crippen LogP contribution in [-0.2, 0) is 9.47 Å². The van der Waals surface area contributed by atoms with E-state index >= 15 is 0 Å². The lowest BCUT2D eigenvalue weighted by Gasteiger charge is -2.34. The Bertz CT molecular complexity index is 210. The minimum Gasteiger partial charge on any atom is -0.352 e. The topological polar surface area (TPSA) is 33.7 Å². The van der Waals surface area contributed by atoms with Crippen molar-refractivity contribution in [3.8, 4) is 0 Å². The molecule has 19 heavy (non-hydrogen) atoms. The number of hydrogen-bond acceptors (Lipinski definition) is 4. The van der Waals surface area contributed by atoms with Crippen LogP contribution in [0.1, 0.15) is 40.5 Å². The number of hydrogen-bond donors (Lipinski definition) is 1. The third-order valence-corrected chi connectivity index (χ3v) is 3.49. The smallest absolute Gasteiger partial charge is 0.169 e. The summed E-state index contributed by atoms with van der Waals surface area (Å²) in [6, 6.07) is 0.617. The summed E-state index contributed by atoms with van der Waals surface area (Å²) in [6.45, 7) is 14.5. The van der Waals surface area contributed by atoms with E-state index in [1.165, 1.54) is 32.5 Å². The Morgan fingerprint density at radius 3 is 2.16 bits per heavy atom. The average molecular weight is 272 g/mol. The summed E-state index contributed by atoms with van der Waals surface area (Å²) in [5.41, 5.74) is 0. The van der Waals surface area contributed by atoms with Gasteiger partial charge in [-0.25, -0.2) is 0 Å². The van der Waals surface area contributed by atoms with Crippen LogP contribution >= 0.6 is 0 Å². The molecule has 1 N–H and O–H groups in total. The molecule has 0 spiro atoms. The maximum absolute atomic E-state index is 5.55. The van der Waals surface area contributed by atoms with Crippen LogP contribution in [0.2, 0.25) is 0 Å². The molecule has 0 saturated carbocycles. The highest BCUT2D eigenvalue weighted by molar-refractivity contribution is 4.77. The first-order chi connectivity index (χ1) is 9.15. The van der Waals surface area contributed by atoms with Gasteiger partial charge in [-0.3, -0.25) is 0 Å². The second kappa shape index (κ2) is 9.70. The van der Waals surface area contributed by atoms with Crippen LogP contribution < -0.4 is 5.32 Å². The van der Waals surface area contributed by atoms with Gasteiger partial charge >= 0.3 is 0 Å². The van der Waals surface area contributed by atoms with Gasteiger partial charge in [-0.1, -0.05) is 13.8 Å². The Kier molecular flexibility index (Phi) is 8.62. The Hall–Kier alpha value is -0.160. The lowest BCUT2D eigenvalue weighted by Crippen LogP contribution is -2.46. The second-order valence-corrected chi connectivity index (χ2v) is 5.72. The van der Waals surface area contributed by atoms with Crippen LogP contribution in [0.5, 0.6) is 0 Å². The van der Waals surface area contributed by atoms with E-state index in [1.54, 1.807) is 0 Å². The van der Waals surface area contributed by atoms with Gasteiger partial charge in [-0.05, 0) is 45.7 Å². The van der Waals surface area contributed by atoms with Crippen molar-refractivity contribution in [3.63, 3.8) is 0 Å². The molecule has 114 valence electrons. The zero-order valence-electron chi connectivity index (χ0n) is 13.2. The number of piperidine rings is 1. The molecule has 0 amide bonds. The average Bonchev–Trinajstić information content (AvgIpc) is 2.37. The molecular formula is C15H32N2O2. The van der Waals surface area contributed by atoms with Gasteiger partial charge in [0.2, 0.25) is 0 Å². The van der Waals surface area contributed by atoms with E-state index in [1.807, 2.05) is 13.8 Å². The number of nitrogens with one attached hydrogen (secondary N) is 1. The van der Waals surface area contributed by atoms with E-state index in [0.29, 0.717) is 19.3 Å². The number of nitrogens with zero attached hydrogens (tertiary/aromatic N) is 1. The van der Waals surface area contributed by atoms with Crippen LogP contribution in [0.4, 0.5) is 0 Å². The van der Waals surface area contributed by atoms with Gasteiger partial charge in [0.25, 0.3) is 0 Å². The van der Waals surface area contributed by atoms with Gasteiger partial charge in [0.1, 0.15) is 0 Å². The summed E-state index contributed by atoms with van der Waals surface area (Å²) < 4.78 is 11.1. The van der Waals surface area contributed by atoms with E-state index in [2.05, 4.69) is 24.1 Å². The maximum atomic E-state index is 5.55. The molecule has 0 unspecified atom stereocenters. The second-order valence-electron chi connectivity index (χ2n) is 5.72. The molecule has 0 aromatic carbocycles. The molecule has 4 heteroatoms. The van der Waals surface area contributed by atoms with Gasteiger partial charge in [-0.15, -0.1) is 0 Å². The van der Waals surface area contributed by atoms with Crippen molar-refractivity contribution >= 4 is 0 Å². The fourth-order valence-corrected chi connectivity index (χ4v) is 2.64. The summed E-state index contributed by atoms with van der Waals surface area (Å²) in [4.78, 5) is 2.57. The highest BCUT2D eigenvalue weighted by atomic mass is 16.7. The normalized spacial score (nSPS) is 18.6. The van der Waals surface area contributed by atoms with Gasteiger partial charge < -0.3 is 19.7 Å². The molecule has 0 aliphatic carbocycles. The predicted octanol–water partition coefficient (Wildman–Crippen LogP) is 2.10. The zero-order valence-corrected chi connectivity index (χ0v) is 13.2. The third kappa shape index (κ3) is 7.25. The third-order valence-electron chi connectivity index (χ3n) is 3.49. The number of ether oxygens (including phenoxy) is 2. The van der Waals surface area contributed by atoms with Crippen LogP contribution in [0.3, 0.4) is 0 Å². The summed E-state index contributed by atoms with van der Waals surface area (Å²) in [6.07, 6.45) is 2.37. The largest absolute Gasteiger partial charge is 0.352 e. The van der Waals surface area contributed by atoms with Gasteiger partial charge in [-0.2, -0.15) is 0 Å². The molecule has 1 aliphatic rings. The first-order valence-corrected chi connectivity index (χ1v) is 7.84. The molecular weight excluding hydrogens is 240 g/mol. The fraction of sp³-hybridized carbons (Fsp3) is 1.00. The summed E-state index contributed by atoms with van der Waals surface area (Å²) in [5, 5.41) is 3.59. The molecule has 0 aromatic rings. The minimum absolute atomic E-state index is 0.0938. The summed E-state index contributed by atoms with van der Waals surface area (Å²) >= 11 is 0. The monoisotopic (exact) mass is 272 g/mol. The predicted molar refractivity (Wildman–Crippen MR) is 79.3 cm³/mol. The molecule has 1 aliphatic heterocycles. The van der Waals surface area contributed by atoms with Crippen molar-refractivity contribution in [2.75, 3.05) is 39.4 Å². The molecule has 1 rings (SSSR count). The molecule has 0 atom stereocenters. The first-order valence-electron chi connectivity index (χ1n) is 7.84. The van der Waals surface area contributed by atoms with Crippen LogP contribution in [0.25, 0.3) is 0 Å². The quantitative estimate of drug-likeness (QED) is 0.652. The SMILES string of the molecule is CCOC(CNC1CCN(CC(C)C)CC1)OCC. The van der Waals surface area contributed by atoms with E-state index in [4.69, 9.17) is 9.47 Å². The van der Waals surface area contributed by atoms with Crippen molar-refractivity contribution in [2.24, 2.45) is 5.92 Å². The van der Waals surface area contributed by atoms with Gasteiger partial charge in [0, 0.05) is 32.3 Å². The van der Waals surface area contributed by atoms with Crippen molar-refractivity contribution in [3.05, 3.63) is 0 Å². The maximum Gasteiger partial charge on any atom is 0.169 e. The van der Waals surface area contributed by atoms with Crippen LogP contribution in [-0.4, -0.2) is 56.6 Å². The van der Waals surface area contributed by atoms with Crippen molar-refractivity contribution in [1.29, 1.82) is 0 Å². The number of rotatable bonds is 9. The molecule has 0 bridgehead atoms. The van der Waals surface area contributed by atoms with Crippen LogP contribution in [0, 0.1) is 5.92 Å². The van der Waals surface area contributed by atoms with Crippen molar-refractivity contribution < 1.29 is 9.47 Å². The Labute approximate surface area is 118 Å². The van der Waals surface area contributed by atoms with Gasteiger partial charge in [0.15, 0.2) is 6.29 Å². The molecule has 1 heterocycles. The van der Waals surface area contributed by atoms with E-state index in [-0.39, 0.29) is 6.29 Å². The molecule has 4 nitrogen and oxygen atoms in total. The zero-order chi connectivity index (χ0) is 14.1. The van der Waals surface area contributed by atoms with Crippen LogP contribution in [0.15, 0.2) is 0 Å². The summed E-state index contributed by atoms with van der Waals surface area (Å²) in [5.74, 6) is 0.768. The van der Waals surface area contributed by atoms with Crippen molar-refractivity contribution in [1.82, 2.24) is 10.2 Å².